The molecule has 122 valence electrons. The number of carbonyl (C=O) groups excluding carboxylic acids is 1. The lowest BCUT2D eigenvalue weighted by Crippen LogP contribution is -2.47. The molecule has 23 heavy (non-hydrogen) atoms. The van der Waals surface area contributed by atoms with E-state index in [0.29, 0.717) is 30.1 Å². The molecule has 7 heteroatoms. The van der Waals surface area contributed by atoms with Gasteiger partial charge in [0.15, 0.2) is 11.5 Å². The summed E-state index contributed by atoms with van der Waals surface area (Å²) < 4.78 is 5.45. The van der Waals surface area contributed by atoms with E-state index in [1.807, 2.05) is 6.92 Å². The first-order chi connectivity index (χ1) is 10.9. The summed E-state index contributed by atoms with van der Waals surface area (Å²) in [7, 11) is 0. The second-order valence-corrected chi connectivity index (χ2v) is 6.13. The molecule has 0 aliphatic carbocycles. The quantitative estimate of drug-likeness (QED) is 0.888. The Balaban J connectivity index is 1.72. The zero-order valence-corrected chi connectivity index (χ0v) is 13.1. The molecule has 0 bridgehead atoms. The number of rotatable bonds is 2. The van der Waals surface area contributed by atoms with Crippen molar-refractivity contribution >= 4 is 28.8 Å². The van der Waals surface area contributed by atoms with E-state index in [2.05, 4.69) is 10.3 Å². The van der Waals surface area contributed by atoms with Crippen LogP contribution in [0.1, 0.15) is 19.2 Å². The van der Waals surface area contributed by atoms with Gasteiger partial charge < -0.3 is 19.7 Å². The lowest BCUT2D eigenvalue weighted by atomic mass is 9.91. The number of aliphatic carboxylic acids is 1. The molecule has 2 atom stereocenters. The standard InChI is InChI=1S/C16H19N3O4/c1-9-5-11(15(20)21)8-19(7-9)16(22)18-12-3-4-13-14(6-12)23-10(2)17-13/h3-4,6,9,11H,5,7-8H2,1-2H3,(H,18,22)(H,20,21). The number of oxazole rings is 1. The number of hydrogen-bond acceptors (Lipinski definition) is 4. The van der Waals surface area contributed by atoms with E-state index in [0.717, 1.165) is 5.52 Å². The summed E-state index contributed by atoms with van der Waals surface area (Å²) in [6.07, 6.45) is 0.600. The van der Waals surface area contributed by atoms with Crippen molar-refractivity contribution in [1.82, 2.24) is 9.88 Å². The highest BCUT2D eigenvalue weighted by Crippen LogP contribution is 2.24. The fourth-order valence-corrected chi connectivity index (χ4v) is 3.02. The van der Waals surface area contributed by atoms with Crippen molar-refractivity contribution in [3.8, 4) is 0 Å². The molecule has 2 N–H and O–H groups in total. The maximum atomic E-state index is 12.4. The van der Waals surface area contributed by atoms with Gasteiger partial charge in [-0.05, 0) is 24.5 Å². The molecule has 1 aliphatic heterocycles. The Hall–Kier alpha value is -2.57. The van der Waals surface area contributed by atoms with Crippen molar-refractivity contribution in [2.45, 2.75) is 20.3 Å². The number of benzene rings is 1. The van der Waals surface area contributed by atoms with Crippen molar-refractivity contribution in [2.75, 3.05) is 18.4 Å². The number of anilines is 1. The van der Waals surface area contributed by atoms with Gasteiger partial charge in [0.05, 0.1) is 5.92 Å². The van der Waals surface area contributed by atoms with Gasteiger partial charge in [0, 0.05) is 31.8 Å². The number of piperidine rings is 1. The number of aromatic nitrogens is 1. The average Bonchev–Trinajstić information content (AvgIpc) is 2.85. The molecule has 2 aromatic rings. The maximum Gasteiger partial charge on any atom is 0.321 e. The Kier molecular flexibility index (Phi) is 3.94. The fourth-order valence-electron chi connectivity index (χ4n) is 3.02. The summed E-state index contributed by atoms with van der Waals surface area (Å²) in [4.78, 5) is 29.4. The van der Waals surface area contributed by atoms with Gasteiger partial charge in [-0.15, -0.1) is 0 Å². The number of nitrogens with one attached hydrogen (secondary N) is 1. The van der Waals surface area contributed by atoms with Crippen LogP contribution in [-0.2, 0) is 4.79 Å². The lowest BCUT2D eigenvalue weighted by molar-refractivity contribution is -0.143. The van der Waals surface area contributed by atoms with Gasteiger partial charge in [-0.1, -0.05) is 6.92 Å². The number of nitrogens with zero attached hydrogens (tertiary/aromatic N) is 2. The number of carboxylic acid groups (broad SMARTS) is 1. The average molecular weight is 317 g/mol. The largest absolute Gasteiger partial charge is 0.481 e. The molecule has 7 nitrogen and oxygen atoms in total. The second-order valence-electron chi connectivity index (χ2n) is 6.13. The summed E-state index contributed by atoms with van der Waals surface area (Å²) in [5, 5.41) is 12.0. The first-order valence-electron chi connectivity index (χ1n) is 7.58. The summed E-state index contributed by atoms with van der Waals surface area (Å²) in [5.74, 6) is -0.635. The molecule has 2 heterocycles. The van der Waals surface area contributed by atoms with Crippen LogP contribution >= 0.6 is 0 Å². The Morgan fingerprint density at radius 2 is 2.17 bits per heavy atom. The number of carbonyl (C=O) groups is 2. The smallest absolute Gasteiger partial charge is 0.321 e. The molecule has 2 unspecified atom stereocenters. The van der Waals surface area contributed by atoms with E-state index in [-0.39, 0.29) is 18.5 Å². The molecule has 1 aromatic carbocycles. The lowest BCUT2D eigenvalue weighted by Gasteiger charge is -2.34. The third-order valence-corrected chi connectivity index (χ3v) is 4.04. The van der Waals surface area contributed by atoms with Gasteiger partial charge in [-0.3, -0.25) is 4.79 Å². The van der Waals surface area contributed by atoms with E-state index in [4.69, 9.17) is 4.42 Å². The third-order valence-electron chi connectivity index (χ3n) is 4.04. The normalized spacial score (nSPS) is 21.4. The number of urea groups is 1. The van der Waals surface area contributed by atoms with Crippen LogP contribution in [-0.4, -0.2) is 40.1 Å². The maximum absolute atomic E-state index is 12.4. The number of likely N-dealkylation sites (tertiary alicyclic amines) is 1. The summed E-state index contributed by atoms with van der Waals surface area (Å²) in [6, 6.07) is 4.96. The highest BCUT2D eigenvalue weighted by atomic mass is 16.4. The van der Waals surface area contributed by atoms with Crippen molar-refractivity contribution < 1.29 is 19.1 Å². The summed E-state index contributed by atoms with van der Waals surface area (Å²) in [5.41, 5.74) is 1.94. The van der Waals surface area contributed by atoms with Crippen LogP contribution in [0.4, 0.5) is 10.5 Å². The SMILES string of the molecule is Cc1nc2ccc(NC(=O)N3CC(C)CC(C(=O)O)C3)cc2o1. The minimum atomic E-state index is -0.854. The monoisotopic (exact) mass is 317 g/mol. The molecule has 1 aliphatic rings. The van der Waals surface area contributed by atoms with E-state index in [1.54, 1.807) is 30.0 Å². The van der Waals surface area contributed by atoms with E-state index >= 15 is 0 Å². The predicted molar refractivity (Wildman–Crippen MR) is 84.2 cm³/mol. The second kappa shape index (κ2) is 5.91. The molecule has 0 saturated carbocycles. The zero-order chi connectivity index (χ0) is 16.6. The molecule has 1 fully saturated rings. The Bertz CT molecular complexity index is 755. The number of hydrogen-bond donors (Lipinski definition) is 2. The third kappa shape index (κ3) is 3.28. The summed E-state index contributed by atoms with van der Waals surface area (Å²) >= 11 is 0. The molecular weight excluding hydrogens is 298 g/mol. The highest BCUT2D eigenvalue weighted by molar-refractivity contribution is 5.92. The molecule has 1 aromatic heterocycles. The van der Waals surface area contributed by atoms with Crippen molar-refractivity contribution in [3.63, 3.8) is 0 Å². The van der Waals surface area contributed by atoms with Gasteiger partial charge in [-0.25, -0.2) is 9.78 Å². The van der Waals surface area contributed by atoms with Gasteiger partial charge in [-0.2, -0.15) is 0 Å². The van der Waals surface area contributed by atoms with Crippen LogP contribution in [0.25, 0.3) is 11.1 Å². The number of aryl methyl sites for hydroxylation is 1. The fraction of sp³-hybridized carbons (Fsp3) is 0.438. The number of fused-ring (bicyclic) bond motifs is 1. The van der Waals surface area contributed by atoms with Gasteiger partial charge in [0.1, 0.15) is 5.52 Å². The first kappa shape index (κ1) is 15.3. The summed E-state index contributed by atoms with van der Waals surface area (Å²) in [6.45, 7) is 4.51. The van der Waals surface area contributed by atoms with Crippen molar-refractivity contribution in [2.24, 2.45) is 11.8 Å². The van der Waals surface area contributed by atoms with Crippen LogP contribution in [0, 0.1) is 18.8 Å². The molecule has 3 rings (SSSR count). The van der Waals surface area contributed by atoms with Crippen LogP contribution < -0.4 is 5.32 Å². The van der Waals surface area contributed by atoms with Gasteiger partial charge in [0.2, 0.25) is 0 Å². The Morgan fingerprint density at radius 3 is 2.91 bits per heavy atom. The van der Waals surface area contributed by atoms with Crippen LogP contribution in [0.3, 0.4) is 0 Å². The molecular formula is C16H19N3O4. The Morgan fingerprint density at radius 1 is 1.39 bits per heavy atom. The predicted octanol–water partition coefficient (Wildman–Crippen LogP) is 2.71. The van der Waals surface area contributed by atoms with Crippen molar-refractivity contribution in [1.29, 1.82) is 0 Å². The molecule has 0 spiro atoms. The van der Waals surface area contributed by atoms with Crippen molar-refractivity contribution in [3.05, 3.63) is 24.1 Å². The minimum Gasteiger partial charge on any atom is -0.481 e. The topological polar surface area (TPSA) is 95.7 Å². The Labute approximate surface area is 133 Å². The van der Waals surface area contributed by atoms with Crippen LogP contribution in [0.2, 0.25) is 0 Å². The minimum absolute atomic E-state index is 0.162. The van der Waals surface area contributed by atoms with Gasteiger partial charge in [0.25, 0.3) is 0 Å². The highest BCUT2D eigenvalue weighted by Gasteiger charge is 2.31. The molecule has 2 amide bonds. The number of carboxylic acids is 1. The number of amides is 2. The van der Waals surface area contributed by atoms with E-state index < -0.39 is 11.9 Å². The molecule has 0 radical (unpaired) electrons. The zero-order valence-electron chi connectivity index (χ0n) is 13.1. The first-order valence-corrected chi connectivity index (χ1v) is 7.58. The molecule has 1 saturated heterocycles. The van der Waals surface area contributed by atoms with Gasteiger partial charge >= 0.3 is 12.0 Å². The van der Waals surface area contributed by atoms with Crippen LogP contribution in [0.15, 0.2) is 22.6 Å². The van der Waals surface area contributed by atoms with E-state index in [9.17, 15) is 14.7 Å². The van der Waals surface area contributed by atoms with E-state index in [1.165, 1.54) is 0 Å². The van der Waals surface area contributed by atoms with Crippen LogP contribution in [0.5, 0.6) is 0 Å².